The van der Waals surface area contributed by atoms with Gasteiger partial charge in [0.15, 0.2) is 0 Å². The molecule has 2 nitrogen and oxygen atoms in total. The molecule has 0 heterocycles. The Bertz CT molecular complexity index is 232. The molecule has 1 aliphatic carbocycles. The molecule has 0 aromatic heterocycles. The van der Waals surface area contributed by atoms with Gasteiger partial charge in [-0.05, 0) is 25.7 Å². The fourth-order valence-electron chi connectivity index (χ4n) is 2.64. The summed E-state index contributed by atoms with van der Waals surface area (Å²) in [5.41, 5.74) is 0. The summed E-state index contributed by atoms with van der Waals surface area (Å²) < 4.78 is 13.6. The average molecular weight is 243 g/mol. The van der Waals surface area contributed by atoms with Crippen molar-refractivity contribution in [3.63, 3.8) is 0 Å². The molecule has 0 spiro atoms. The SMILES string of the molecule is CCCC(CC)C(=O)NCC1CCCCC1F. The third-order valence-electron chi connectivity index (χ3n) is 3.86. The summed E-state index contributed by atoms with van der Waals surface area (Å²) in [6, 6.07) is 0. The number of alkyl halides is 1. The van der Waals surface area contributed by atoms with Crippen LogP contribution in [0, 0.1) is 11.8 Å². The molecule has 17 heavy (non-hydrogen) atoms. The van der Waals surface area contributed by atoms with E-state index in [1.165, 1.54) is 0 Å². The van der Waals surface area contributed by atoms with Crippen molar-refractivity contribution < 1.29 is 9.18 Å². The average Bonchev–Trinajstić information content (AvgIpc) is 2.34. The van der Waals surface area contributed by atoms with E-state index in [9.17, 15) is 9.18 Å². The van der Waals surface area contributed by atoms with E-state index in [1.54, 1.807) is 0 Å². The van der Waals surface area contributed by atoms with Gasteiger partial charge < -0.3 is 5.32 Å². The molecule has 0 aromatic rings. The van der Waals surface area contributed by atoms with E-state index in [4.69, 9.17) is 0 Å². The Balaban J connectivity index is 2.30. The van der Waals surface area contributed by atoms with E-state index in [2.05, 4.69) is 12.2 Å². The first kappa shape index (κ1) is 14.5. The molecule has 3 atom stereocenters. The van der Waals surface area contributed by atoms with E-state index in [-0.39, 0.29) is 17.7 Å². The molecule has 3 unspecified atom stereocenters. The molecule has 0 bridgehead atoms. The van der Waals surface area contributed by atoms with Gasteiger partial charge in [0, 0.05) is 18.4 Å². The maximum absolute atomic E-state index is 13.6. The quantitative estimate of drug-likeness (QED) is 0.760. The first-order valence-electron chi connectivity index (χ1n) is 7.10. The topological polar surface area (TPSA) is 29.1 Å². The highest BCUT2D eigenvalue weighted by molar-refractivity contribution is 5.78. The van der Waals surface area contributed by atoms with Crippen molar-refractivity contribution in [2.75, 3.05) is 6.54 Å². The van der Waals surface area contributed by atoms with E-state index >= 15 is 0 Å². The fraction of sp³-hybridized carbons (Fsp3) is 0.929. The molecule has 1 N–H and O–H groups in total. The number of halogens is 1. The molecular weight excluding hydrogens is 217 g/mol. The lowest BCUT2D eigenvalue weighted by Crippen LogP contribution is -2.38. The Morgan fingerprint density at radius 2 is 2.06 bits per heavy atom. The van der Waals surface area contributed by atoms with Crippen molar-refractivity contribution in [1.29, 1.82) is 0 Å². The highest BCUT2D eigenvalue weighted by Crippen LogP contribution is 2.26. The van der Waals surface area contributed by atoms with Gasteiger partial charge in [-0.15, -0.1) is 0 Å². The molecule has 100 valence electrons. The van der Waals surface area contributed by atoms with Crippen molar-refractivity contribution >= 4 is 5.91 Å². The van der Waals surface area contributed by atoms with Crippen LogP contribution in [0.4, 0.5) is 4.39 Å². The lowest BCUT2D eigenvalue weighted by molar-refractivity contribution is -0.125. The van der Waals surface area contributed by atoms with Gasteiger partial charge in [-0.25, -0.2) is 4.39 Å². The molecule has 1 amide bonds. The van der Waals surface area contributed by atoms with Crippen LogP contribution in [0.2, 0.25) is 0 Å². The molecular formula is C14H26FNO. The third-order valence-corrected chi connectivity index (χ3v) is 3.86. The summed E-state index contributed by atoms with van der Waals surface area (Å²) in [7, 11) is 0. The van der Waals surface area contributed by atoms with Gasteiger partial charge >= 0.3 is 0 Å². The number of rotatable bonds is 6. The van der Waals surface area contributed by atoms with E-state index in [0.29, 0.717) is 13.0 Å². The van der Waals surface area contributed by atoms with Gasteiger partial charge in [0.05, 0.1) is 0 Å². The fourth-order valence-corrected chi connectivity index (χ4v) is 2.64. The van der Waals surface area contributed by atoms with Crippen molar-refractivity contribution in [1.82, 2.24) is 5.32 Å². The second-order valence-electron chi connectivity index (χ2n) is 5.20. The number of amides is 1. The van der Waals surface area contributed by atoms with Crippen LogP contribution in [0.5, 0.6) is 0 Å². The first-order chi connectivity index (χ1) is 8.19. The Labute approximate surface area is 104 Å². The smallest absolute Gasteiger partial charge is 0.223 e. The molecule has 1 saturated carbocycles. The number of carbonyl (C=O) groups is 1. The lowest BCUT2D eigenvalue weighted by atomic mass is 9.87. The third kappa shape index (κ3) is 4.64. The Kier molecular flexibility index (Phi) is 6.53. The Morgan fingerprint density at radius 1 is 1.35 bits per heavy atom. The van der Waals surface area contributed by atoms with Crippen LogP contribution in [0.15, 0.2) is 0 Å². The zero-order valence-corrected chi connectivity index (χ0v) is 11.2. The van der Waals surface area contributed by atoms with Gasteiger partial charge in [0.1, 0.15) is 6.17 Å². The summed E-state index contributed by atoms with van der Waals surface area (Å²) in [6.07, 6.45) is 5.83. The molecule has 3 heteroatoms. The molecule has 1 fully saturated rings. The highest BCUT2D eigenvalue weighted by atomic mass is 19.1. The van der Waals surface area contributed by atoms with Crippen molar-refractivity contribution in [2.45, 2.75) is 65.0 Å². The normalized spacial score (nSPS) is 26.5. The van der Waals surface area contributed by atoms with Crippen LogP contribution in [0.3, 0.4) is 0 Å². The highest BCUT2D eigenvalue weighted by Gasteiger charge is 2.25. The van der Waals surface area contributed by atoms with Crippen LogP contribution in [-0.2, 0) is 4.79 Å². The minimum Gasteiger partial charge on any atom is -0.355 e. The zero-order chi connectivity index (χ0) is 12.7. The van der Waals surface area contributed by atoms with Gasteiger partial charge in [-0.1, -0.05) is 33.1 Å². The van der Waals surface area contributed by atoms with Gasteiger partial charge in [0.2, 0.25) is 5.91 Å². The molecule has 1 rings (SSSR count). The Morgan fingerprint density at radius 3 is 2.65 bits per heavy atom. The molecule has 0 aromatic carbocycles. The van der Waals surface area contributed by atoms with Crippen LogP contribution in [-0.4, -0.2) is 18.6 Å². The number of carbonyl (C=O) groups excluding carboxylic acids is 1. The van der Waals surface area contributed by atoms with Crippen LogP contribution < -0.4 is 5.32 Å². The standard InChI is InChI=1S/C14H26FNO/c1-3-7-11(4-2)14(17)16-10-12-8-5-6-9-13(12)15/h11-13H,3-10H2,1-2H3,(H,16,17). The molecule has 1 aliphatic rings. The second kappa shape index (κ2) is 7.67. The van der Waals surface area contributed by atoms with Crippen LogP contribution in [0.25, 0.3) is 0 Å². The summed E-state index contributed by atoms with van der Waals surface area (Å²) in [6.45, 7) is 4.66. The molecule has 0 saturated heterocycles. The maximum Gasteiger partial charge on any atom is 0.223 e. The number of hydrogen-bond donors (Lipinski definition) is 1. The van der Waals surface area contributed by atoms with E-state index in [1.807, 2.05) is 6.92 Å². The summed E-state index contributed by atoms with van der Waals surface area (Å²) in [5.74, 6) is 0.278. The summed E-state index contributed by atoms with van der Waals surface area (Å²) in [4.78, 5) is 11.9. The summed E-state index contributed by atoms with van der Waals surface area (Å²) in [5, 5.41) is 2.94. The van der Waals surface area contributed by atoms with Gasteiger partial charge in [-0.3, -0.25) is 4.79 Å². The minimum atomic E-state index is -0.713. The van der Waals surface area contributed by atoms with Gasteiger partial charge in [-0.2, -0.15) is 0 Å². The number of hydrogen-bond acceptors (Lipinski definition) is 1. The maximum atomic E-state index is 13.6. The monoisotopic (exact) mass is 243 g/mol. The lowest BCUT2D eigenvalue weighted by Gasteiger charge is -2.26. The van der Waals surface area contributed by atoms with Crippen LogP contribution >= 0.6 is 0 Å². The zero-order valence-electron chi connectivity index (χ0n) is 11.2. The minimum absolute atomic E-state index is 0.0480. The summed E-state index contributed by atoms with van der Waals surface area (Å²) >= 11 is 0. The number of nitrogens with one attached hydrogen (secondary N) is 1. The van der Waals surface area contributed by atoms with Crippen molar-refractivity contribution in [3.8, 4) is 0 Å². The first-order valence-corrected chi connectivity index (χ1v) is 7.10. The van der Waals surface area contributed by atoms with Gasteiger partial charge in [0.25, 0.3) is 0 Å². The van der Waals surface area contributed by atoms with Crippen molar-refractivity contribution in [3.05, 3.63) is 0 Å². The second-order valence-corrected chi connectivity index (χ2v) is 5.20. The van der Waals surface area contributed by atoms with Crippen LogP contribution in [0.1, 0.15) is 58.8 Å². The predicted octanol–water partition coefficient (Wildman–Crippen LogP) is 3.46. The van der Waals surface area contributed by atoms with Crippen molar-refractivity contribution in [2.24, 2.45) is 11.8 Å². The molecule has 0 aliphatic heterocycles. The Hall–Kier alpha value is -0.600. The largest absolute Gasteiger partial charge is 0.355 e. The molecule has 0 radical (unpaired) electrons. The predicted molar refractivity (Wildman–Crippen MR) is 68.6 cm³/mol. The van der Waals surface area contributed by atoms with E-state index < -0.39 is 6.17 Å². The van der Waals surface area contributed by atoms with E-state index in [0.717, 1.165) is 38.5 Å².